The van der Waals surface area contributed by atoms with Gasteiger partial charge in [-0.15, -0.1) is 0 Å². The van der Waals surface area contributed by atoms with Crippen LogP contribution in [0.2, 0.25) is 0 Å². The second-order valence-corrected chi connectivity index (χ2v) is 9.79. The van der Waals surface area contributed by atoms with Gasteiger partial charge >= 0.3 is 5.97 Å². The first-order valence-corrected chi connectivity index (χ1v) is 12.0. The Morgan fingerprint density at radius 3 is 2.76 bits per heavy atom. The van der Waals surface area contributed by atoms with Gasteiger partial charge in [0.2, 0.25) is 6.29 Å². The summed E-state index contributed by atoms with van der Waals surface area (Å²) < 4.78 is 21.5. The van der Waals surface area contributed by atoms with Crippen molar-refractivity contribution in [3.8, 4) is 11.4 Å². The van der Waals surface area contributed by atoms with Crippen LogP contribution < -0.4 is 10.9 Å². The van der Waals surface area contributed by atoms with Crippen LogP contribution in [-0.2, 0) is 39.5 Å². The summed E-state index contributed by atoms with van der Waals surface area (Å²) in [5.41, 5.74) is 1.46. The van der Waals surface area contributed by atoms with E-state index < -0.39 is 41.2 Å². The number of nitrogens with zero attached hydrogens (tertiary/aromatic N) is 2. The van der Waals surface area contributed by atoms with Gasteiger partial charge in [-0.2, -0.15) is 0 Å². The minimum absolute atomic E-state index is 0.00355. The first kappa shape index (κ1) is 23.7. The van der Waals surface area contributed by atoms with Crippen molar-refractivity contribution in [1.82, 2.24) is 14.9 Å². The Labute approximate surface area is 209 Å². The number of carbonyl (C=O) groups is 2. The zero-order valence-corrected chi connectivity index (χ0v) is 20.1. The summed E-state index contributed by atoms with van der Waals surface area (Å²) in [5.74, 6) is -2.24. The third kappa shape index (κ3) is 3.14. The molecule has 2 atom stereocenters. The third-order valence-electron chi connectivity index (χ3n) is 7.93. The molecule has 4 N–H and O–H groups in total. The number of aromatic nitrogens is 2. The number of esters is 1. The van der Waals surface area contributed by atoms with Crippen molar-refractivity contribution < 1.29 is 34.0 Å². The maximum Gasteiger partial charge on any atom is 0.343 e. The van der Waals surface area contributed by atoms with E-state index in [4.69, 9.17) is 9.72 Å². The fraction of sp³-hybridized carbons (Fsp3) is 0.385. The van der Waals surface area contributed by atoms with Crippen LogP contribution in [0.1, 0.15) is 59.2 Å². The largest absolute Gasteiger partial charge is 0.458 e. The van der Waals surface area contributed by atoms with Gasteiger partial charge in [-0.3, -0.25) is 9.59 Å². The summed E-state index contributed by atoms with van der Waals surface area (Å²) in [4.78, 5) is 42.9. The number of aliphatic hydroxyl groups excluding tert-OH is 1. The molecule has 0 unspecified atom stereocenters. The van der Waals surface area contributed by atoms with E-state index in [2.05, 4.69) is 5.32 Å². The van der Waals surface area contributed by atoms with Gasteiger partial charge in [0.1, 0.15) is 12.4 Å². The Morgan fingerprint density at radius 1 is 1.30 bits per heavy atom. The zero-order valence-electron chi connectivity index (χ0n) is 20.1. The number of aryl methyl sites for hydroxylation is 1. The van der Waals surface area contributed by atoms with Crippen molar-refractivity contribution >= 4 is 22.8 Å². The molecule has 0 spiro atoms. The minimum Gasteiger partial charge on any atom is -0.458 e. The average Bonchev–Trinajstić information content (AvgIpc) is 3.24. The number of nitrogens with one attached hydrogen (secondary N) is 1. The van der Waals surface area contributed by atoms with Gasteiger partial charge in [0.05, 0.1) is 35.1 Å². The number of fused-ring (bicyclic) bond motifs is 5. The Morgan fingerprint density at radius 2 is 2.05 bits per heavy atom. The van der Waals surface area contributed by atoms with Crippen LogP contribution in [0.3, 0.4) is 0 Å². The number of cyclic esters (lactones) is 1. The Kier molecular flexibility index (Phi) is 5.07. The summed E-state index contributed by atoms with van der Waals surface area (Å²) in [6.07, 6.45) is -1.40. The van der Waals surface area contributed by atoms with Gasteiger partial charge in [0, 0.05) is 22.6 Å². The van der Waals surface area contributed by atoms with Gasteiger partial charge in [-0.1, -0.05) is 6.92 Å². The number of halogens is 1. The monoisotopic (exact) mass is 509 g/mol. The number of carbonyl (C=O) groups excluding carboxylic acids is 2. The highest BCUT2D eigenvalue weighted by atomic mass is 19.1. The zero-order chi connectivity index (χ0) is 26.4. The molecule has 0 radical (unpaired) electrons. The molecule has 3 aromatic rings. The standard InChI is InChI=1S/C26H24FN3O7/c1-3-26(36)14-6-18-21-12(8-30(18)23(32)13(14)9-37-25(26)35)20-16(29-22(31)24(33)34)5-4-11-10(2)15(27)7-17(28-21)19(11)20/h6-7,16,24,33-34,36H,3-5,8-9H2,1-2H3,(H,29,31)/t16-,26-/m0/s1. The highest BCUT2D eigenvalue weighted by molar-refractivity contribution is 5.94. The van der Waals surface area contributed by atoms with Crippen LogP contribution in [-0.4, -0.2) is 43.0 Å². The Hall–Kier alpha value is -3.67. The molecule has 0 fully saturated rings. The minimum atomic E-state index is -2.21. The van der Waals surface area contributed by atoms with Crippen molar-refractivity contribution in [2.45, 2.75) is 64.2 Å². The lowest BCUT2D eigenvalue weighted by atomic mass is 9.81. The van der Waals surface area contributed by atoms with Crippen LogP contribution in [0.5, 0.6) is 0 Å². The third-order valence-corrected chi connectivity index (χ3v) is 7.93. The van der Waals surface area contributed by atoms with E-state index in [1.54, 1.807) is 19.9 Å². The number of aliphatic hydroxyl groups is 3. The van der Waals surface area contributed by atoms with Gasteiger partial charge in [0.15, 0.2) is 5.60 Å². The maximum absolute atomic E-state index is 14.9. The number of benzene rings is 1. The van der Waals surface area contributed by atoms with Crippen molar-refractivity contribution in [3.05, 3.63) is 61.7 Å². The second kappa shape index (κ2) is 7.91. The molecule has 3 aliphatic rings. The first-order chi connectivity index (χ1) is 17.6. The summed E-state index contributed by atoms with van der Waals surface area (Å²) in [6.45, 7) is 3.11. The van der Waals surface area contributed by atoms with Gasteiger partial charge in [-0.25, -0.2) is 14.2 Å². The predicted octanol–water partition coefficient (Wildman–Crippen LogP) is 0.941. The summed E-state index contributed by atoms with van der Waals surface area (Å²) in [5, 5.41) is 33.2. The van der Waals surface area contributed by atoms with Gasteiger partial charge < -0.3 is 29.9 Å². The average molecular weight is 509 g/mol. The molecule has 1 aliphatic carbocycles. The molecule has 6 rings (SSSR count). The molecule has 0 saturated carbocycles. The number of ether oxygens (including phenoxy) is 1. The molecule has 4 heterocycles. The Bertz CT molecular complexity index is 1610. The van der Waals surface area contributed by atoms with E-state index in [9.17, 15) is 34.1 Å². The molecule has 2 aliphatic heterocycles. The Balaban J connectivity index is 1.65. The quantitative estimate of drug-likeness (QED) is 0.235. The first-order valence-electron chi connectivity index (χ1n) is 12.0. The van der Waals surface area contributed by atoms with E-state index in [-0.39, 0.29) is 30.7 Å². The molecular formula is C26H24FN3O7. The molecule has 0 bridgehead atoms. The lowest BCUT2D eigenvalue weighted by Gasteiger charge is -2.31. The van der Waals surface area contributed by atoms with Crippen LogP contribution in [0.25, 0.3) is 22.3 Å². The van der Waals surface area contributed by atoms with E-state index in [0.29, 0.717) is 51.8 Å². The van der Waals surface area contributed by atoms with E-state index >= 15 is 0 Å². The van der Waals surface area contributed by atoms with Crippen molar-refractivity contribution in [1.29, 1.82) is 0 Å². The molecular weight excluding hydrogens is 485 g/mol. The topological polar surface area (TPSA) is 151 Å². The molecule has 11 heteroatoms. The number of pyridine rings is 2. The summed E-state index contributed by atoms with van der Waals surface area (Å²) in [7, 11) is 0. The molecule has 0 saturated heterocycles. The highest BCUT2D eigenvalue weighted by Gasteiger charge is 2.46. The molecule has 10 nitrogen and oxygen atoms in total. The SMILES string of the molecule is CC[C@@]1(O)C(=O)OCc2c1cc1n(c2=O)Cc2c-1nc1cc(F)c(C)c3c1c2[C@@H](NC(=O)C(O)O)CC3. The molecule has 1 amide bonds. The van der Waals surface area contributed by atoms with Gasteiger partial charge in [-0.05, 0) is 48.9 Å². The van der Waals surface area contributed by atoms with E-state index in [1.165, 1.54) is 10.6 Å². The lowest BCUT2D eigenvalue weighted by molar-refractivity contribution is -0.172. The van der Waals surface area contributed by atoms with Crippen molar-refractivity contribution in [3.63, 3.8) is 0 Å². The number of amides is 1. The summed E-state index contributed by atoms with van der Waals surface area (Å²) >= 11 is 0. The van der Waals surface area contributed by atoms with E-state index in [0.717, 1.165) is 5.56 Å². The number of rotatable bonds is 3. The number of hydrogen-bond donors (Lipinski definition) is 4. The molecule has 192 valence electrons. The van der Waals surface area contributed by atoms with Crippen LogP contribution in [0, 0.1) is 12.7 Å². The van der Waals surface area contributed by atoms with Crippen molar-refractivity contribution in [2.24, 2.45) is 0 Å². The smallest absolute Gasteiger partial charge is 0.343 e. The lowest BCUT2D eigenvalue weighted by Crippen LogP contribution is -2.44. The van der Waals surface area contributed by atoms with Crippen molar-refractivity contribution in [2.75, 3.05) is 0 Å². The normalized spacial score (nSPS) is 21.5. The predicted molar refractivity (Wildman–Crippen MR) is 127 cm³/mol. The fourth-order valence-electron chi connectivity index (χ4n) is 5.95. The number of hydrogen-bond acceptors (Lipinski definition) is 8. The highest BCUT2D eigenvalue weighted by Crippen LogP contribution is 2.45. The van der Waals surface area contributed by atoms with Crippen LogP contribution in [0.15, 0.2) is 16.9 Å². The van der Waals surface area contributed by atoms with Crippen LogP contribution in [0.4, 0.5) is 4.39 Å². The summed E-state index contributed by atoms with van der Waals surface area (Å²) in [6, 6.07) is 2.24. The fourth-order valence-corrected chi connectivity index (χ4v) is 5.95. The molecule has 2 aromatic heterocycles. The molecule has 1 aromatic carbocycles. The van der Waals surface area contributed by atoms with E-state index in [1.807, 2.05) is 0 Å². The second-order valence-electron chi connectivity index (χ2n) is 9.79. The van der Waals surface area contributed by atoms with Crippen LogP contribution >= 0.6 is 0 Å². The van der Waals surface area contributed by atoms with Gasteiger partial charge in [0.25, 0.3) is 11.5 Å². The maximum atomic E-state index is 14.9. The molecule has 37 heavy (non-hydrogen) atoms.